The first-order chi connectivity index (χ1) is 12.7. The van der Waals surface area contributed by atoms with Crippen LogP contribution in [0.25, 0.3) is 0 Å². The number of anilines is 2. The minimum atomic E-state index is -0.0278. The van der Waals surface area contributed by atoms with E-state index in [1.807, 2.05) is 37.4 Å². The molecule has 4 rings (SSSR count). The number of hydrogen-bond acceptors (Lipinski definition) is 5. The SMILES string of the molecule is Cc1ccccc1NC(=O)C1CCc2nc(N3CCOCC3)ncc2C1. The number of amides is 1. The van der Waals surface area contributed by atoms with Crippen molar-refractivity contribution >= 4 is 17.5 Å². The number of carbonyl (C=O) groups excluding carboxylic acids is 1. The van der Waals surface area contributed by atoms with Crippen LogP contribution in [0.4, 0.5) is 11.6 Å². The molecule has 1 saturated heterocycles. The lowest BCUT2D eigenvalue weighted by molar-refractivity contribution is -0.120. The highest BCUT2D eigenvalue weighted by molar-refractivity contribution is 5.93. The summed E-state index contributed by atoms with van der Waals surface area (Å²) in [6, 6.07) is 7.87. The van der Waals surface area contributed by atoms with Gasteiger partial charge in [0, 0.05) is 36.6 Å². The fraction of sp³-hybridized carbons (Fsp3) is 0.450. The number of fused-ring (bicyclic) bond motifs is 1. The molecule has 6 nitrogen and oxygen atoms in total. The van der Waals surface area contributed by atoms with E-state index in [-0.39, 0.29) is 11.8 Å². The quantitative estimate of drug-likeness (QED) is 0.918. The number of nitrogens with one attached hydrogen (secondary N) is 1. The molecular weight excluding hydrogens is 328 g/mol. The maximum Gasteiger partial charge on any atom is 0.227 e. The van der Waals surface area contributed by atoms with Gasteiger partial charge in [-0.25, -0.2) is 9.97 Å². The third-order valence-electron chi connectivity index (χ3n) is 5.21. The minimum Gasteiger partial charge on any atom is -0.378 e. The van der Waals surface area contributed by atoms with Crippen molar-refractivity contribution in [3.05, 3.63) is 47.3 Å². The molecule has 2 aliphatic rings. The molecule has 1 aliphatic heterocycles. The molecule has 2 aromatic rings. The van der Waals surface area contributed by atoms with E-state index in [0.717, 1.165) is 67.6 Å². The zero-order chi connectivity index (χ0) is 17.9. The van der Waals surface area contributed by atoms with Gasteiger partial charge >= 0.3 is 0 Å². The van der Waals surface area contributed by atoms with Crippen LogP contribution in [-0.2, 0) is 22.4 Å². The summed E-state index contributed by atoms with van der Waals surface area (Å²) in [5.74, 6) is 0.844. The van der Waals surface area contributed by atoms with Crippen molar-refractivity contribution < 1.29 is 9.53 Å². The van der Waals surface area contributed by atoms with Crippen LogP contribution in [0.1, 0.15) is 23.2 Å². The Morgan fingerprint density at radius 2 is 2.08 bits per heavy atom. The molecule has 26 heavy (non-hydrogen) atoms. The van der Waals surface area contributed by atoms with E-state index >= 15 is 0 Å². The number of benzene rings is 1. The largest absolute Gasteiger partial charge is 0.378 e. The molecule has 6 heteroatoms. The summed E-state index contributed by atoms with van der Waals surface area (Å²) in [5, 5.41) is 3.07. The molecule has 1 N–H and O–H groups in total. The zero-order valence-corrected chi connectivity index (χ0v) is 15.1. The Morgan fingerprint density at radius 3 is 2.88 bits per heavy atom. The second-order valence-electron chi connectivity index (χ2n) is 6.99. The summed E-state index contributed by atoms with van der Waals surface area (Å²) < 4.78 is 5.39. The molecule has 136 valence electrons. The highest BCUT2D eigenvalue weighted by Gasteiger charge is 2.27. The Morgan fingerprint density at radius 1 is 1.27 bits per heavy atom. The first kappa shape index (κ1) is 17.0. The molecule has 0 bridgehead atoms. The molecular formula is C20H24N4O2. The third kappa shape index (κ3) is 3.55. The molecule has 0 spiro atoms. The van der Waals surface area contributed by atoms with Gasteiger partial charge in [-0.15, -0.1) is 0 Å². The van der Waals surface area contributed by atoms with Gasteiger partial charge in [0.25, 0.3) is 0 Å². The fourth-order valence-corrected chi connectivity index (χ4v) is 3.58. The van der Waals surface area contributed by atoms with Crippen molar-refractivity contribution in [2.75, 3.05) is 36.5 Å². The van der Waals surface area contributed by atoms with E-state index in [2.05, 4.69) is 15.2 Å². The number of ether oxygens (including phenoxy) is 1. The molecule has 0 radical (unpaired) electrons. The molecule has 1 aromatic heterocycles. The van der Waals surface area contributed by atoms with Crippen LogP contribution in [0, 0.1) is 12.8 Å². The van der Waals surface area contributed by atoms with Crippen LogP contribution >= 0.6 is 0 Å². The predicted molar refractivity (Wildman–Crippen MR) is 100 cm³/mol. The first-order valence-electron chi connectivity index (χ1n) is 9.24. The van der Waals surface area contributed by atoms with Gasteiger partial charge < -0.3 is 15.0 Å². The van der Waals surface area contributed by atoms with Crippen LogP contribution in [0.15, 0.2) is 30.5 Å². The van der Waals surface area contributed by atoms with Gasteiger partial charge in [-0.05, 0) is 43.4 Å². The van der Waals surface area contributed by atoms with Gasteiger partial charge in [-0.3, -0.25) is 4.79 Å². The van der Waals surface area contributed by atoms with E-state index in [4.69, 9.17) is 9.72 Å². The molecule has 1 aliphatic carbocycles. The van der Waals surface area contributed by atoms with E-state index in [0.29, 0.717) is 6.42 Å². The fourth-order valence-electron chi connectivity index (χ4n) is 3.58. The van der Waals surface area contributed by atoms with Crippen molar-refractivity contribution in [1.82, 2.24) is 9.97 Å². The molecule has 1 amide bonds. The molecule has 1 atom stereocenters. The van der Waals surface area contributed by atoms with Crippen molar-refractivity contribution in [1.29, 1.82) is 0 Å². The summed E-state index contributed by atoms with van der Waals surface area (Å²) in [4.78, 5) is 24.1. The summed E-state index contributed by atoms with van der Waals surface area (Å²) in [5.41, 5.74) is 4.15. The predicted octanol–water partition coefficient (Wildman–Crippen LogP) is 2.37. The summed E-state index contributed by atoms with van der Waals surface area (Å²) in [6.45, 7) is 5.12. The second kappa shape index (κ2) is 7.41. The number of carbonyl (C=O) groups is 1. The number of para-hydroxylation sites is 1. The topological polar surface area (TPSA) is 67.4 Å². The number of hydrogen-bond donors (Lipinski definition) is 1. The minimum absolute atomic E-state index is 0.0278. The highest BCUT2D eigenvalue weighted by atomic mass is 16.5. The molecule has 0 saturated carbocycles. The Labute approximate surface area is 153 Å². The van der Waals surface area contributed by atoms with Crippen LogP contribution in [0.3, 0.4) is 0 Å². The number of morpholine rings is 1. The van der Waals surface area contributed by atoms with Crippen molar-refractivity contribution in [2.24, 2.45) is 5.92 Å². The monoisotopic (exact) mass is 352 g/mol. The summed E-state index contributed by atoms with van der Waals surface area (Å²) in [6.07, 6.45) is 4.25. The molecule has 1 fully saturated rings. The lowest BCUT2D eigenvalue weighted by Crippen LogP contribution is -2.38. The number of nitrogens with zero attached hydrogens (tertiary/aromatic N) is 3. The van der Waals surface area contributed by atoms with E-state index in [9.17, 15) is 4.79 Å². The van der Waals surface area contributed by atoms with Gasteiger partial charge in [0.05, 0.1) is 13.2 Å². The van der Waals surface area contributed by atoms with Crippen molar-refractivity contribution in [2.45, 2.75) is 26.2 Å². The molecule has 1 unspecified atom stereocenters. The average molecular weight is 352 g/mol. The Kier molecular flexibility index (Phi) is 4.84. The maximum atomic E-state index is 12.7. The first-order valence-corrected chi connectivity index (χ1v) is 9.24. The highest BCUT2D eigenvalue weighted by Crippen LogP contribution is 2.27. The van der Waals surface area contributed by atoms with Gasteiger partial charge in [0.1, 0.15) is 0 Å². The van der Waals surface area contributed by atoms with Gasteiger partial charge in [0.15, 0.2) is 0 Å². The second-order valence-corrected chi connectivity index (χ2v) is 6.99. The summed E-state index contributed by atoms with van der Waals surface area (Å²) >= 11 is 0. The normalized spacial score (nSPS) is 19.7. The molecule has 1 aromatic carbocycles. The lowest BCUT2D eigenvalue weighted by Gasteiger charge is -2.28. The van der Waals surface area contributed by atoms with Crippen LogP contribution in [0.5, 0.6) is 0 Å². The smallest absolute Gasteiger partial charge is 0.227 e. The van der Waals surface area contributed by atoms with Crippen LogP contribution < -0.4 is 10.2 Å². The number of aromatic nitrogens is 2. The van der Waals surface area contributed by atoms with E-state index in [1.54, 1.807) is 0 Å². The standard InChI is InChI=1S/C20H24N4O2/c1-14-4-2-3-5-17(14)22-19(25)15-6-7-18-16(12-15)13-21-20(23-18)24-8-10-26-11-9-24/h2-5,13,15H,6-12H2,1H3,(H,22,25). The van der Waals surface area contributed by atoms with Crippen molar-refractivity contribution in [3.63, 3.8) is 0 Å². The van der Waals surface area contributed by atoms with Gasteiger partial charge in [-0.2, -0.15) is 0 Å². The summed E-state index contributed by atoms with van der Waals surface area (Å²) in [7, 11) is 0. The third-order valence-corrected chi connectivity index (χ3v) is 5.21. The van der Waals surface area contributed by atoms with Crippen LogP contribution in [0.2, 0.25) is 0 Å². The number of aryl methyl sites for hydroxylation is 2. The van der Waals surface area contributed by atoms with Crippen molar-refractivity contribution in [3.8, 4) is 0 Å². The Bertz CT molecular complexity index is 802. The number of rotatable bonds is 3. The van der Waals surface area contributed by atoms with Gasteiger partial charge in [-0.1, -0.05) is 18.2 Å². The van der Waals surface area contributed by atoms with Gasteiger partial charge in [0.2, 0.25) is 11.9 Å². The maximum absolute atomic E-state index is 12.7. The molecule has 2 heterocycles. The average Bonchev–Trinajstić information content (AvgIpc) is 2.69. The zero-order valence-electron chi connectivity index (χ0n) is 15.1. The van der Waals surface area contributed by atoms with E-state index < -0.39 is 0 Å². The van der Waals surface area contributed by atoms with Crippen LogP contribution in [-0.4, -0.2) is 42.2 Å². The Hall–Kier alpha value is -2.47. The Balaban J connectivity index is 1.44. The lowest BCUT2D eigenvalue weighted by atomic mass is 9.86. The van der Waals surface area contributed by atoms with E-state index in [1.165, 1.54) is 0 Å².